The van der Waals surface area contributed by atoms with Gasteiger partial charge in [0.15, 0.2) is 5.78 Å². The average Bonchev–Trinajstić information content (AvgIpc) is 2.15. The SMILES string of the molecule is O=C(CBr)c1cccc(C(F)(F)F)n1. The average molecular weight is 268 g/mol. The summed E-state index contributed by atoms with van der Waals surface area (Å²) in [5, 5.41) is -0.0404. The Morgan fingerprint density at radius 2 is 2.07 bits per heavy atom. The minimum absolute atomic E-state index is 0.0404. The molecule has 1 rings (SSSR count). The number of Topliss-reactive ketones (excluding diaryl/α,β-unsaturated/α-hetero) is 1. The summed E-state index contributed by atoms with van der Waals surface area (Å²) in [6, 6.07) is 3.23. The van der Waals surface area contributed by atoms with Crippen LogP contribution in [0.15, 0.2) is 18.2 Å². The van der Waals surface area contributed by atoms with E-state index < -0.39 is 17.7 Å². The smallest absolute Gasteiger partial charge is 0.291 e. The van der Waals surface area contributed by atoms with Crippen molar-refractivity contribution < 1.29 is 18.0 Å². The van der Waals surface area contributed by atoms with Gasteiger partial charge in [0.05, 0.1) is 5.33 Å². The summed E-state index contributed by atoms with van der Waals surface area (Å²) < 4.78 is 36.4. The molecule has 0 radical (unpaired) electrons. The van der Waals surface area contributed by atoms with Crippen LogP contribution in [0.4, 0.5) is 13.2 Å². The van der Waals surface area contributed by atoms with Crippen LogP contribution in [-0.2, 0) is 6.18 Å². The number of carbonyl (C=O) groups is 1. The van der Waals surface area contributed by atoms with E-state index in [0.717, 1.165) is 12.1 Å². The predicted molar refractivity (Wildman–Crippen MR) is 47.4 cm³/mol. The van der Waals surface area contributed by atoms with Gasteiger partial charge in [0.25, 0.3) is 0 Å². The minimum Gasteiger partial charge on any atom is -0.291 e. The lowest BCUT2D eigenvalue weighted by molar-refractivity contribution is -0.141. The lowest BCUT2D eigenvalue weighted by Crippen LogP contribution is -2.12. The van der Waals surface area contributed by atoms with Gasteiger partial charge in [0.2, 0.25) is 0 Å². The minimum atomic E-state index is -4.51. The number of aromatic nitrogens is 1. The number of ketones is 1. The molecule has 14 heavy (non-hydrogen) atoms. The van der Waals surface area contributed by atoms with Gasteiger partial charge < -0.3 is 0 Å². The maximum atomic E-state index is 12.1. The highest BCUT2D eigenvalue weighted by molar-refractivity contribution is 9.09. The lowest BCUT2D eigenvalue weighted by Gasteiger charge is -2.05. The Kier molecular flexibility index (Phi) is 3.25. The third-order valence-corrected chi connectivity index (χ3v) is 1.96. The number of rotatable bonds is 2. The first-order valence-electron chi connectivity index (χ1n) is 3.58. The monoisotopic (exact) mass is 267 g/mol. The van der Waals surface area contributed by atoms with Crippen LogP contribution in [0.25, 0.3) is 0 Å². The molecule has 76 valence electrons. The van der Waals surface area contributed by atoms with Crippen molar-refractivity contribution in [1.29, 1.82) is 0 Å². The van der Waals surface area contributed by atoms with E-state index in [4.69, 9.17) is 0 Å². The molecule has 1 aromatic heterocycles. The van der Waals surface area contributed by atoms with Gasteiger partial charge in [-0.3, -0.25) is 4.79 Å². The van der Waals surface area contributed by atoms with Crippen LogP contribution in [0.2, 0.25) is 0 Å². The second-order valence-electron chi connectivity index (χ2n) is 2.46. The molecule has 2 nitrogen and oxygen atoms in total. The summed E-state index contributed by atoms with van der Waals surface area (Å²) >= 11 is 2.86. The molecule has 0 aromatic carbocycles. The molecule has 0 spiro atoms. The molecule has 1 heterocycles. The Labute approximate surface area is 86.3 Å². The maximum absolute atomic E-state index is 12.1. The van der Waals surface area contributed by atoms with Crippen molar-refractivity contribution in [3.8, 4) is 0 Å². The highest BCUT2D eigenvalue weighted by Gasteiger charge is 2.32. The molecule has 0 saturated carbocycles. The summed E-state index contributed by atoms with van der Waals surface area (Å²) in [5.41, 5.74) is -1.24. The summed E-state index contributed by atoms with van der Waals surface area (Å²) in [5.74, 6) is -0.476. The van der Waals surface area contributed by atoms with Gasteiger partial charge >= 0.3 is 6.18 Å². The van der Waals surface area contributed by atoms with Crippen molar-refractivity contribution in [2.24, 2.45) is 0 Å². The second kappa shape index (κ2) is 4.08. The summed E-state index contributed by atoms with van der Waals surface area (Å²) in [7, 11) is 0. The number of halogens is 4. The van der Waals surface area contributed by atoms with E-state index in [1.54, 1.807) is 0 Å². The Bertz CT molecular complexity index is 351. The molecule has 0 saturated heterocycles. The number of carbonyl (C=O) groups excluding carboxylic acids is 1. The Morgan fingerprint density at radius 1 is 1.43 bits per heavy atom. The topological polar surface area (TPSA) is 30.0 Å². The first-order chi connectivity index (χ1) is 6.45. The normalized spacial score (nSPS) is 11.4. The Balaban J connectivity index is 3.08. The molecule has 0 aliphatic heterocycles. The zero-order chi connectivity index (χ0) is 10.8. The van der Waals surface area contributed by atoms with Crippen molar-refractivity contribution in [3.05, 3.63) is 29.6 Å². The quantitative estimate of drug-likeness (QED) is 0.609. The third kappa shape index (κ3) is 2.54. The van der Waals surface area contributed by atoms with E-state index in [0.29, 0.717) is 0 Å². The molecule has 0 bridgehead atoms. The molecule has 1 aromatic rings. The fourth-order valence-electron chi connectivity index (χ4n) is 0.816. The number of hydrogen-bond acceptors (Lipinski definition) is 2. The van der Waals surface area contributed by atoms with Crippen LogP contribution in [0, 0.1) is 0 Å². The fourth-order valence-corrected chi connectivity index (χ4v) is 1.10. The predicted octanol–water partition coefficient (Wildman–Crippen LogP) is 2.68. The van der Waals surface area contributed by atoms with Gasteiger partial charge in [-0.25, -0.2) is 4.98 Å². The number of nitrogens with zero attached hydrogens (tertiary/aromatic N) is 1. The van der Waals surface area contributed by atoms with Crippen molar-refractivity contribution in [1.82, 2.24) is 4.98 Å². The van der Waals surface area contributed by atoms with Crippen LogP contribution in [0.5, 0.6) is 0 Å². The van der Waals surface area contributed by atoms with Gasteiger partial charge in [-0.15, -0.1) is 0 Å². The maximum Gasteiger partial charge on any atom is 0.433 e. The first-order valence-corrected chi connectivity index (χ1v) is 4.70. The van der Waals surface area contributed by atoms with Crippen LogP contribution in [0.3, 0.4) is 0 Å². The zero-order valence-electron chi connectivity index (χ0n) is 6.81. The van der Waals surface area contributed by atoms with E-state index in [-0.39, 0.29) is 11.0 Å². The molecule has 0 aliphatic rings. The van der Waals surface area contributed by atoms with Gasteiger partial charge in [0.1, 0.15) is 11.4 Å². The summed E-state index contributed by atoms with van der Waals surface area (Å²) in [6.07, 6.45) is -4.51. The number of hydrogen-bond donors (Lipinski definition) is 0. The van der Waals surface area contributed by atoms with Crippen LogP contribution in [0.1, 0.15) is 16.2 Å². The molecule has 0 atom stereocenters. The highest BCUT2D eigenvalue weighted by atomic mass is 79.9. The Morgan fingerprint density at radius 3 is 2.57 bits per heavy atom. The van der Waals surface area contributed by atoms with E-state index in [2.05, 4.69) is 20.9 Å². The molecule has 0 N–H and O–H groups in total. The first kappa shape index (κ1) is 11.2. The summed E-state index contributed by atoms with van der Waals surface area (Å²) in [6.45, 7) is 0. The highest BCUT2D eigenvalue weighted by Crippen LogP contribution is 2.27. The Hall–Kier alpha value is -0.910. The van der Waals surface area contributed by atoms with Gasteiger partial charge in [-0.2, -0.15) is 13.2 Å². The van der Waals surface area contributed by atoms with Crippen LogP contribution >= 0.6 is 15.9 Å². The van der Waals surface area contributed by atoms with Gasteiger partial charge in [-0.05, 0) is 12.1 Å². The van der Waals surface area contributed by atoms with Gasteiger partial charge in [-0.1, -0.05) is 22.0 Å². The van der Waals surface area contributed by atoms with E-state index in [1.807, 2.05) is 0 Å². The number of alkyl halides is 4. The van der Waals surface area contributed by atoms with Crippen molar-refractivity contribution in [3.63, 3.8) is 0 Å². The van der Waals surface area contributed by atoms with Crippen LogP contribution < -0.4 is 0 Å². The molecular weight excluding hydrogens is 263 g/mol. The fraction of sp³-hybridized carbons (Fsp3) is 0.250. The van der Waals surface area contributed by atoms with E-state index in [1.165, 1.54) is 6.07 Å². The molecule has 0 amide bonds. The van der Waals surface area contributed by atoms with Crippen molar-refractivity contribution >= 4 is 21.7 Å². The van der Waals surface area contributed by atoms with Crippen LogP contribution in [-0.4, -0.2) is 16.1 Å². The molecule has 0 aliphatic carbocycles. The standard InChI is InChI=1S/C8H5BrF3NO/c9-4-6(14)5-2-1-3-7(13-5)8(10,11)12/h1-3H,4H2. The third-order valence-electron chi connectivity index (χ3n) is 1.45. The van der Waals surface area contributed by atoms with E-state index >= 15 is 0 Å². The molecule has 0 fully saturated rings. The zero-order valence-corrected chi connectivity index (χ0v) is 8.39. The molecule has 0 unspecified atom stereocenters. The second-order valence-corrected chi connectivity index (χ2v) is 3.02. The number of pyridine rings is 1. The lowest BCUT2D eigenvalue weighted by atomic mass is 10.2. The molecular formula is C8H5BrF3NO. The van der Waals surface area contributed by atoms with Crippen molar-refractivity contribution in [2.45, 2.75) is 6.18 Å². The van der Waals surface area contributed by atoms with Gasteiger partial charge in [0, 0.05) is 0 Å². The van der Waals surface area contributed by atoms with Crippen molar-refractivity contribution in [2.75, 3.05) is 5.33 Å². The van der Waals surface area contributed by atoms with E-state index in [9.17, 15) is 18.0 Å². The molecule has 6 heteroatoms. The largest absolute Gasteiger partial charge is 0.433 e. The summed E-state index contributed by atoms with van der Waals surface area (Å²) in [4.78, 5) is 14.2.